The van der Waals surface area contributed by atoms with Crippen LogP contribution in [0.15, 0.2) is 34.0 Å². The number of aryl methyl sites for hydroxylation is 2. The van der Waals surface area contributed by atoms with E-state index in [0.29, 0.717) is 16.2 Å². The van der Waals surface area contributed by atoms with Crippen molar-refractivity contribution in [1.82, 2.24) is 14.1 Å². The van der Waals surface area contributed by atoms with Crippen molar-refractivity contribution in [2.75, 3.05) is 11.9 Å². The highest BCUT2D eigenvalue weighted by atomic mass is 19.1. The fourth-order valence-electron chi connectivity index (χ4n) is 2.91. The number of hydrogen-bond donors (Lipinski definition) is 1. The summed E-state index contributed by atoms with van der Waals surface area (Å²) in [6.07, 6.45) is 1.49. The van der Waals surface area contributed by atoms with Gasteiger partial charge < -0.3 is 10.1 Å². The zero-order valence-corrected chi connectivity index (χ0v) is 16.0. The Morgan fingerprint density at radius 1 is 1.28 bits per heavy atom. The summed E-state index contributed by atoms with van der Waals surface area (Å²) in [4.78, 5) is 42.0. The number of anilines is 1. The van der Waals surface area contributed by atoms with E-state index in [-0.39, 0.29) is 29.1 Å². The highest BCUT2D eigenvalue weighted by Crippen LogP contribution is 2.24. The average molecular weight is 404 g/mol. The van der Waals surface area contributed by atoms with Gasteiger partial charge in [-0.2, -0.15) is 0 Å². The number of amides is 1. The molecule has 0 radical (unpaired) electrons. The molecular formula is C19H18F2N4O4. The second-order valence-corrected chi connectivity index (χ2v) is 6.31. The second-order valence-electron chi connectivity index (χ2n) is 6.31. The lowest BCUT2D eigenvalue weighted by Gasteiger charge is -2.14. The molecule has 29 heavy (non-hydrogen) atoms. The number of fused-ring (bicyclic) bond motifs is 1. The van der Waals surface area contributed by atoms with E-state index in [0.717, 1.165) is 16.7 Å². The first-order valence-corrected chi connectivity index (χ1v) is 8.71. The van der Waals surface area contributed by atoms with Crippen LogP contribution >= 0.6 is 0 Å². The Balaban J connectivity index is 2.07. The molecule has 0 atom stereocenters. The number of ether oxygens (including phenoxy) is 1. The summed E-state index contributed by atoms with van der Waals surface area (Å²) >= 11 is 0. The maximum absolute atomic E-state index is 13.7. The Labute approximate surface area is 163 Å². The van der Waals surface area contributed by atoms with Gasteiger partial charge in [0.2, 0.25) is 5.91 Å². The summed E-state index contributed by atoms with van der Waals surface area (Å²) in [5.74, 6) is -2.33. The van der Waals surface area contributed by atoms with E-state index in [4.69, 9.17) is 4.74 Å². The Hall–Kier alpha value is -3.56. The van der Waals surface area contributed by atoms with Gasteiger partial charge >= 0.3 is 5.69 Å². The van der Waals surface area contributed by atoms with Crippen LogP contribution < -0.4 is 21.3 Å². The summed E-state index contributed by atoms with van der Waals surface area (Å²) in [5, 5.41) is 2.29. The number of rotatable bonds is 5. The maximum Gasteiger partial charge on any atom is 0.332 e. The molecule has 0 saturated heterocycles. The Kier molecular flexibility index (Phi) is 5.44. The van der Waals surface area contributed by atoms with E-state index in [1.54, 1.807) is 13.8 Å². The molecule has 10 heteroatoms. The van der Waals surface area contributed by atoms with Crippen LogP contribution in [-0.4, -0.2) is 26.6 Å². The van der Waals surface area contributed by atoms with Crippen molar-refractivity contribution in [3.8, 4) is 5.75 Å². The van der Waals surface area contributed by atoms with Gasteiger partial charge in [-0.3, -0.25) is 14.2 Å². The average Bonchev–Trinajstić information content (AvgIpc) is 2.67. The molecule has 8 nitrogen and oxygen atoms in total. The molecule has 3 aromatic rings. The number of carbonyl (C=O) groups excluding carboxylic acids is 1. The minimum atomic E-state index is -0.976. The largest absolute Gasteiger partial charge is 0.493 e. The van der Waals surface area contributed by atoms with E-state index in [9.17, 15) is 23.2 Å². The zero-order chi connectivity index (χ0) is 21.3. The fraction of sp³-hybridized carbons (Fsp3) is 0.263. The van der Waals surface area contributed by atoms with Gasteiger partial charge in [0.1, 0.15) is 29.3 Å². The number of aromatic nitrogens is 3. The quantitative estimate of drug-likeness (QED) is 0.699. The number of nitrogens with one attached hydrogen (secondary N) is 1. The summed E-state index contributed by atoms with van der Waals surface area (Å²) in [6, 6.07) is 2.63. The van der Waals surface area contributed by atoms with Crippen molar-refractivity contribution >= 4 is 22.6 Å². The van der Waals surface area contributed by atoms with Crippen LogP contribution in [0.3, 0.4) is 0 Å². The molecular weight excluding hydrogens is 386 g/mol. The minimum absolute atomic E-state index is 0.0645. The highest BCUT2D eigenvalue weighted by molar-refractivity contribution is 5.91. The van der Waals surface area contributed by atoms with Crippen molar-refractivity contribution in [3.05, 3.63) is 62.4 Å². The molecule has 0 bridgehead atoms. The molecule has 0 aliphatic carbocycles. The van der Waals surface area contributed by atoms with Gasteiger partial charge in [-0.25, -0.2) is 23.1 Å². The van der Waals surface area contributed by atoms with Crippen molar-refractivity contribution in [2.45, 2.75) is 20.4 Å². The third kappa shape index (κ3) is 3.73. The lowest BCUT2D eigenvalue weighted by atomic mass is 10.2. The second kappa shape index (κ2) is 7.82. The Bertz CT molecular complexity index is 1230. The molecule has 1 N–H and O–H groups in total. The molecule has 0 spiro atoms. The monoisotopic (exact) mass is 404 g/mol. The molecule has 0 fully saturated rings. The summed E-state index contributed by atoms with van der Waals surface area (Å²) in [7, 11) is 1.41. The van der Waals surface area contributed by atoms with E-state index in [1.165, 1.54) is 13.2 Å². The Morgan fingerprint density at radius 2 is 2.00 bits per heavy atom. The van der Waals surface area contributed by atoms with Crippen molar-refractivity contribution < 1.29 is 18.3 Å². The first-order valence-electron chi connectivity index (χ1n) is 8.71. The third-order valence-corrected chi connectivity index (χ3v) is 4.28. The molecule has 0 aliphatic rings. The van der Waals surface area contributed by atoms with Gasteiger partial charge in [-0.05, 0) is 26.0 Å². The van der Waals surface area contributed by atoms with Crippen LogP contribution in [0.4, 0.5) is 14.5 Å². The summed E-state index contributed by atoms with van der Waals surface area (Å²) in [6.45, 7) is 3.07. The molecule has 0 unspecified atom stereocenters. The lowest BCUT2D eigenvalue weighted by Crippen LogP contribution is -2.42. The molecule has 1 aromatic carbocycles. The van der Waals surface area contributed by atoms with Crippen molar-refractivity contribution in [3.63, 3.8) is 0 Å². The van der Waals surface area contributed by atoms with Crippen LogP contribution in [0.2, 0.25) is 0 Å². The molecule has 0 aliphatic heterocycles. The van der Waals surface area contributed by atoms with Gasteiger partial charge in [-0.1, -0.05) is 0 Å². The predicted molar refractivity (Wildman–Crippen MR) is 102 cm³/mol. The van der Waals surface area contributed by atoms with Crippen LogP contribution in [0.1, 0.15) is 12.5 Å². The minimum Gasteiger partial charge on any atom is -0.493 e. The zero-order valence-electron chi connectivity index (χ0n) is 16.0. The SMILES string of the molecule is CCOc1c(C)cnc2c1c(=O)n(CC(=O)Nc1ccc(F)cc1F)c(=O)n2C. The number of nitrogens with zero attached hydrogens (tertiary/aromatic N) is 3. The van der Waals surface area contributed by atoms with E-state index >= 15 is 0 Å². The fourth-order valence-corrected chi connectivity index (χ4v) is 2.91. The third-order valence-electron chi connectivity index (χ3n) is 4.28. The lowest BCUT2D eigenvalue weighted by molar-refractivity contribution is -0.116. The van der Waals surface area contributed by atoms with Gasteiger partial charge in [-0.15, -0.1) is 0 Å². The Morgan fingerprint density at radius 3 is 2.66 bits per heavy atom. The number of benzene rings is 1. The van der Waals surface area contributed by atoms with Gasteiger partial charge in [0, 0.05) is 24.9 Å². The molecule has 2 aromatic heterocycles. The van der Waals surface area contributed by atoms with Crippen molar-refractivity contribution in [2.24, 2.45) is 7.05 Å². The normalized spacial score (nSPS) is 10.9. The first-order chi connectivity index (χ1) is 13.7. The van der Waals surface area contributed by atoms with Gasteiger partial charge in [0.05, 0.1) is 12.3 Å². The first kappa shape index (κ1) is 20.2. The van der Waals surface area contributed by atoms with E-state index < -0.39 is 35.3 Å². The molecule has 1 amide bonds. The standard InChI is InChI=1S/C19H18F2N4O4/c1-4-29-16-10(2)8-22-17-15(16)18(27)25(19(28)24(17)3)9-14(26)23-13-6-5-11(20)7-12(13)21/h5-8H,4,9H2,1-3H3,(H,23,26). The summed E-state index contributed by atoms with van der Waals surface area (Å²) < 4.78 is 34.1. The summed E-state index contributed by atoms with van der Waals surface area (Å²) in [5.41, 5.74) is -1.07. The van der Waals surface area contributed by atoms with Crippen LogP contribution in [0, 0.1) is 18.6 Å². The maximum atomic E-state index is 13.7. The number of pyridine rings is 1. The molecule has 152 valence electrons. The van der Waals surface area contributed by atoms with Gasteiger partial charge in [0.15, 0.2) is 5.65 Å². The number of halogens is 2. The number of hydrogen-bond acceptors (Lipinski definition) is 5. The van der Waals surface area contributed by atoms with E-state index in [2.05, 4.69) is 10.3 Å². The topological polar surface area (TPSA) is 95.2 Å². The van der Waals surface area contributed by atoms with Crippen LogP contribution in [-0.2, 0) is 18.4 Å². The smallest absolute Gasteiger partial charge is 0.332 e. The van der Waals surface area contributed by atoms with Gasteiger partial charge in [0.25, 0.3) is 5.56 Å². The molecule has 0 saturated carbocycles. The molecule has 3 rings (SSSR count). The van der Waals surface area contributed by atoms with Crippen molar-refractivity contribution in [1.29, 1.82) is 0 Å². The predicted octanol–water partition coefficient (Wildman–Crippen LogP) is 1.72. The molecule has 2 heterocycles. The highest BCUT2D eigenvalue weighted by Gasteiger charge is 2.20. The van der Waals surface area contributed by atoms with Crippen LogP contribution in [0.25, 0.3) is 11.0 Å². The number of carbonyl (C=O) groups is 1. The van der Waals surface area contributed by atoms with E-state index in [1.807, 2.05) is 0 Å². The van der Waals surface area contributed by atoms with Crippen LogP contribution in [0.5, 0.6) is 5.75 Å².